The van der Waals surface area contributed by atoms with E-state index in [1.54, 1.807) is 60.7 Å². The van der Waals surface area contributed by atoms with E-state index < -0.39 is 28.5 Å². The number of hydrogen-bond donors (Lipinski definition) is 1. The second-order valence-corrected chi connectivity index (χ2v) is 14.0. The van der Waals surface area contributed by atoms with Crippen molar-refractivity contribution in [1.29, 1.82) is 0 Å². The Labute approximate surface area is 283 Å². The molecule has 0 fully saturated rings. The first kappa shape index (κ1) is 34.5. The SMILES string of the molecule is CCCCNC(=O)[C@@H](Cc1ccccc1)N(Cc1ccc(Cl)c(Cl)c1)C(=O)CN(c1ccc(Br)cc1)S(=O)(=O)c1ccccc1. The van der Waals surface area contributed by atoms with Gasteiger partial charge in [-0.15, -0.1) is 0 Å². The Hall–Kier alpha value is -3.37. The van der Waals surface area contributed by atoms with Crippen LogP contribution in [0.2, 0.25) is 10.0 Å². The molecular weight excluding hydrogens is 697 g/mol. The van der Waals surface area contributed by atoms with Crippen molar-refractivity contribution in [2.45, 2.75) is 43.7 Å². The van der Waals surface area contributed by atoms with E-state index in [-0.39, 0.29) is 23.8 Å². The molecule has 11 heteroatoms. The molecule has 236 valence electrons. The largest absolute Gasteiger partial charge is 0.354 e. The lowest BCUT2D eigenvalue weighted by molar-refractivity contribution is -0.140. The van der Waals surface area contributed by atoms with E-state index in [1.807, 2.05) is 37.3 Å². The molecule has 0 saturated carbocycles. The van der Waals surface area contributed by atoms with Crippen LogP contribution in [0.15, 0.2) is 112 Å². The Balaban J connectivity index is 1.79. The van der Waals surface area contributed by atoms with Crippen molar-refractivity contribution < 1.29 is 18.0 Å². The quantitative estimate of drug-likeness (QED) is 0.136. The van der Waals surface area contributed by atoms with Gasteiger partial charge in [0.25, 0.3) is 10.0 Å². The number of hydrogen-bond acceptors (Lipinski definition) is 4. The van der Waals surface area contributed by atoms with Gasteiger partial charge >= 0.3 is 0 Å². The highest BCUT2D eigenvalue weighted by Crippen LogP contribution is 2.28. The van der Waals surface area contributed by atoms with Crippen LogP contribution in [0.25, 0.3) is 0 Å². The predicted molar refractivity (Wildman–Crippen MR) is 184 cm³/mol. The molecule has 7 nitrogen and oxygen atoms in total. The summed E-state index contributed by atoms with van der Waals surface area (Å²) >= 11 is 15.9. The van der Waals surface area contributed by atoms with Crippen molar-refractivity contribution in [3.63, 3.8) is 0 Å². The van der Waals surface area contributed by atoms with Crippen LogP contribution in [0.3, 0.4) is 0 Å². The molecule has 0 aliphatic carbocycles. The fourth-order valence-corrected chi connectivity index (χ4v) is 6.77. The van der Waals surface area contributed by atoms with Gasteiger partial charge in [-0.2, -0.15) is 0 Å². The van der Waals surface area contributed by atoms with Gasteiger partial charge in [0.2, 0.25) is 11.8 Å². The molecule has 0 aliphatic heterocycles. The molecule has 4 aromatic carbocycles. The summed E-state index contributed by atoms with van der Waals surface area (Å²) < 4.78 is 29.9. The second-order valence-electron chi connectivity index (χ2n) is 10.4. The highest BCUT2D eigenvalue weighted by Gasteiger charge is 2.34. The van der Waals surface area contributed by atoms with Gasteiger partial charge in [0.15, 0.2) is 0 Å². The van der Waals surface area contributed by atoms with E-state index in [2.05, 4.69) is 21.2 Å². The van der Waals surface area contributed by atoms with Crippen molar-refractivity contribution in [3.05, 3.63) is 129 Å². The molecule has 0 unspecified atom stereocenters. The molecule has 0 aromatic heterocycles. The minimum absolute atomic E-state index is 0.00597. The second kappa shape index (κ2) is 16.3. The Bertz CT molecular complexity index is 1690. The number of carbonyl (C=O) groups excluding carboxylic acids is 2. The number of nitrogens with one attached hydrogen (secondary N) is 1. The maximum Gasteiger partial charge on any atom is 0.264 e. The summed E-state index contributed by atoms with van der Waals surface area (Å²) in [5, 5.41) is 3.63. The smallest absolute Gasteiger partial charge is 0.264 e. The first-order chi connectivity index (χ1) is 21.6. The van der Waals surface area contributed by atoms with Gasteiger partial charge in [-0.05, 0) is 66.1 Å². The monoisotopic (exact) mass is 729 g/mol. The number of anilines is 1. The van der Waals surface area contributed by atoms with Gasteiger partial charge < -0.3 is 10.2 Å². The van der Waals surface area contributed by atoms with E-state index >= 15 is 0 Å². The number of amides is 2. The Morgan fingerprint density at radius 3 is 2.11 bits per heavy atom. The van der Waals surface area contributed by atoms with Gasteiger partial charge in [0.1, 0.15) is 12.6 Å². The van der Waals surface area contributed by atoms with Gasteiger partial charge in [-0.1, -0.05) is 107 Å². The summed E-state index contributed by atoms with van der Waals surface area (Å²) in [7, 11) is -4.17. The molecule has 0 radical (unpaired) electrons. The number of nitrogens with zero attached hydrogens (tertiary/aromatic N) is 2. The lowest BCUT2D eigenvalue weighted by atomic mass is 10.0. The van der Waals surface area contributed by atoms with Crippen LogP contribution >= 0.6 is 39.1 Å². The lowest BCUT2D eigenvalue weighted by Gasteiger charge is -2.34. The number of carbonyl (C=O) groups is 2. The molecule has 45 heavy (non-hydrogen) atoms. The minimum atomic E-state index is -4.17. The third-order valence-corrected chi connectivity index (χ3v) is 10.2. The van der Waals surface area contributed by atoms with Crippen LogP contribution < -0.4 is 9.62 Å². The molecule has 4 aromatic rings. The molecule has 2 amide bonds. The molecule has 0 bridgehead atoms. The number of rotatable bonds is 14. The minimum Gasteiger partial charge on any atom is -0.354 e. The topological polar surface area (TPSA) is 86.8 Å². The van der Waals surface area contributed by atoms with Crippen molar-refractivity contribution in [1.82, 2.24) is 10.2 Å². The van der Waals surface area contributed by atoms with Crippen LogP contribution in [0.5, 0.6) is 0 Å². The Morgan fingerprint density at radius 1 is 0.844 bits per heavy atom. The van der Waals surface area contributed by atoms with E-state index in [9.17, 15) is 18.0 Å². The van der Waals surface area contributed by atoms with Gasteiger partial charge in [-0.3, -0.25) is 13.9 Å². The summed E-state index contributed by atoms with van der Waals surface area (Å²) in [6, 6.07) is 28.1. The number of halogens is 3. The van der Waals surface area contributed by atoms with Crippen LogP contribution in [-0.4, -0.2) is 44.3 Å². The third-order valence-electron chi connectivity index (χ3n) is 7.16. The van der Waals surface area contributed by atoms with E-state index in [0.717, 1.165) is 27.2 Å². The van der Waals surface area contributed by atoms with E-state index in [0.29, 0.717) is 27.8 Å². The van der Waals surface area contributed by atoms with E-state index in [1.165, 1.54) is 17.0 Å². The zero-order valence-corrected chi connectivity index (χ0v) is 28.6. The number of sulfonamides is 1. The van der Waals surface area contributed by atoms with Gasteiger partial charge in [0, 0.05) is 24.0 Å². The fraction of sp³-hybridized carbons (Fsp3) is 0.235. The summed E-state index contributed by atoms with van der Waals surface area (Å²) in [6.45, 7) is 1.92. The van der Waals surface area contributed by atoms with Crippen LogP contribution in [0.1, 0.15) is 30.9 Å². The maximum absolute atomic E-state index is 14.5. The molecule has 0 aliphatic rings. The summed E-state index contributed by atoms with van der Waals surface area (Å²) in [5.41, 5.74) is 1.79. The Kier molecular flexibility index (Phi) is 12.5. The summed E-state index contributed by atoms with van der Waals surface area (Å²) in [5.74, 6) is -0.892. The normalized spacial score (nSPS) is 11.9. The van der Waals surface area contributed by atoms with Gasteiger partial charge in [0.05, 0.1) is 20.6 Å². The van der Waals surface area contributed by atoms with E-state index in [4.69, 9.17) is 23.2 Å². The number of unbranched alkanes of at least 4 members (excludes halogenated alkanes) is 1. The van der Waals surface area contributed by atoms with Crippen LogP contribution in [0, 0.1) is 0 Å². The summed E-state index contributed by atoms with van der Waals surface area (Å²) in [4.78, 5) is 29.7. The van der Waals surface area contributed by atoms with Gasteiger partial charge in [-0.25, -0.2) is 8.42 Å². The highest BCUT2D eigenvalue weighted by molar-refractivity contribution is 9.10. The average molecular weight is 732 g/mol. The molecule has 0 heterocycles. The zero-order valence-electron chi connectivity index (χ0n) is 24.7. The van der Waals surface area contributed by atoms with Crippen LogP contribution in [-0.2, 0) is 32.6 Å². The number of benzene rings is 4. The summed E-state index contributed by atoms with van der Waals surface area (Å²) in [6.07, 6.45) is 1.88. The van der Waals surface area contributed by atoms with Crippen LogP contribution in [0.4, 0.5) is 5.69 Å². The van der Waals surface area contributed by atoms with Crippen molar-refractivity contribution in [2.75, 3.05) is 17.4 Å². The van der Waals surface area contributed by atoms with Crippen molar-refractivity contribution in [3.8, 4) is 0 Å². The van der Waals surface area contributed by atoms with Crippen molar-refractivity contribution in [2.24, 2.45) is 0 Å². The standard InChI is InChI=1S/C34H34BrCl2N3O4S/c1-2-3-20-38-34(42)32(22-25-10-6-4-7-11-25)39(23-26-14-19-30(36)31(37)21-26)33(41)24-40(28-17-15-27(35)16-18-28)45(43,44)29-12-8-5-9-13-29/h4-19,21,32H,2-3,20,22-24H2,1H3,(H,38,42)/t32-/m1/s1. The highest BCUT2D eigenvalue weighted by atomic mass is 79.9. The molecular formula is C34H34BrCl2N3O4S. The first-order valence-electron chi connectivity index (χ1n) is 14.5. The Morgan fingerprint density at radius 2 is 1.49 bits per heavy atom. The third kappa shape index (κ3) is 9.33. The predicted octanol–water partition coefficient (Wildman–Crippen LogP) is 7.51. The molecule has 1 N–H and O–H groups in total. The lowest BCUT2D eigenvalue weighted by Crippen LogP contribution is -2.53. The van der Waals surface area contributed by atoms with Crippen molar-refractivity contribution >= 4 is 66.7 Å². The molecule has 0 spiro atoms. The molecule has 4 rings (SSSR count). The average Bonchev–Trinajstić information content (AvgIpc) is 3.04. The fourth-order valence-electron chi connectivity index (χ4n) is 4.75. The zero-order chi connectivity index (χ0) is 32.4. The molecule has 0 saturated heterocycles. The molecule has 1 atom stereocenters. The maximum atomic E-state index is 14.5. The first-order valence-corrected chi connectivity index (χ1v) is 17.5.